The monoisotopic (exact) mass is 370 g/mol. The molecule has 0 aliphatic rings. The molecule has 0 saturated carbocycles. The van der Waals surface area contributed by atoms with Gasteiger partial charge in [0.05, 0.1) is 20.4 Å². The van der Waals surface area contributed by atoms with Gasteiger partial charge in [0, 0.05) is 16.7 Å². The van der Waals surface area contributed by atoms with E-state index in [-0.39, 0.29) is 22.0 Å². The van der Waals surface area contributed by atoms with Crippen molar-refractivity contribution < 1.29 is 23.0 Å². The summed E-state index contributed by atoms with van der Waals surface area (Å²) in [6.07, 6.45) is 1.15. The first-order chi connectivity index (χ1) is 11.4. The van der Waals surface area contributed by atoms with Gasteiger partial charge in [0.15, 0.2) is 0 Å². The maximum atomic E-state index is 12.3. The van der Waals surface area contributed by atoms with E-state index in [0.717, 1.165) is 6.21 Å². The van der Waals surface area contributed by atoms with E-state index >= 15 is 0 Å². The molecule has 2 N–H and O–H groups in total. The number of nitrogens with one attached hydrogen (secondary N) is 1. The number of methoxy groups -OCH3 is 2. The van der Waals surface area contributed by atoms with Crippen LogP contribution in [0.3, 0.4) is 0 Å². The van der Waals surface area contributed by atoms with E-state index in [1.54, 1.807) is 0 Å². The number of hydrazone groups is 1. The normalized spacial score (nSPS) is 11.5. The van der Waals surface area contributed by atoms with Crippen LogP contribution in [0.2, 0.25) is 5.02 Å². The van der Waals surface area contributed by atoms with Crippen molar-refractivity contribution in [1.29, 1.82) is 0 Å². The predicted molar refractivity (Wildman–Crippen MR) is 90.6 cm³/mol. The van der Waals surface area contributed by atoms with E-state index in [1.807, 2.05) is 4.83 Å². The van der Waals surface area contributed by atoms with Crippen LogP contribution in [-0.4, -0.2) is 34.0 Å². The van der Waals surface area contributed by atoms with Gasteiger partial charge in [-0.1, -0.05) is 11.6 Å². The van der Waals surface area contributed by atoms with Crippen molar-refractivity contribution in [3.05, 3.63) is 47.0 Å². The molecule has 128 valence electrons. The van der Waals surface area contributed by atoms with Gasteiger partial charge >= 0.3 is 0 Å². The fraction of sp³-hybridized carbons (Fsp3) is 0.133. The molecule has 0 heterocycles. The molecular weight excluding hydrogens is 356 g/mol. The van der Waals surface area contributed by atoms with Crippen molar-refractivity contribution in [2.75, 3.05) is 14.2 Å². The zero-order valence-electron chi connectivity index (χ0n) is 12.9. The van der Waals surface area contributed by atoms with Crippen LogP contribution in [0.25, 0.3) is 0 Å². The number of sulfonamides is 1. The zero-order chi connectivity index (χ0) is 17.7. The van der Waals surface area contributed by atoms with Crippen LogP contribution in [0, 0.1) is 0 Å². The van der Waals surface area contributed by atoms with Gasteiger partial charge in [0.1, 0.15) is 22.1 Å². The Labute approximate surface area is 144 Å². The Balaban J connectivity index is 2.25. The summed E-state index contributed by atoms with van der Waals surface area (Å²) in [6.45, 7) is 0. The number of halogens is 1. The fourth-order valence-corrected chi connectivity index (χ4v) is 2.96. The molecule has 0 fully saturated rings. The van der Waals surface area contributed by atoms with Crippen LogP contribution in [-0.2, 0) is 10.0 Å². The molecular formula is C15H15ClN2O5S. The first-order valence-electron chi connectivity index (χ1n) is 6.63. The lowest BCUT2D eigenvalue weighted by Crippen LogP contribution is -2.19. The maximum absolute atomic E-state index is 12.3. The minimum Gasteiger partial charge on any atom is -0.507 e. The highest BCUT2D eigenvalue weighted by Crippen LogP contribution is 2.28. The van der Waals surface area contributed by atoms with E-state index in [0.29, 0.717) is 10.8 Å². The van der Waals surface area contributed by atoms with Crippen molar-refractivity contribution in [2.24, 2.45) is 5.10 Å². The quantitative estimate of drug-likeness (QED) is 0.601. The Morgan fingerprint density at radius 2 is 1.92 bits per heavy atom. The molecule has 2 rings (SSSR count). The summed E-state index contributed by atoms with van der Waals surface area (Å²) < 4.78 is 34.7. The second-order valence-corrected chi connectivity index (χ2v) is 6.64. The summed E-state index contributed by atoms with van der Waals surface area (Å²) in [5.74, 6) is 0.491. The third kappa shape index (κ3) is 4.09. The molecule has 2 aromatic carbocycles. The second-order valence-electron chi connectivity index (χ2n) is 4.57. The predicted octanol–water partition coefficient (Wildman–Crippen LogP) is 2.38. The Kier molecular flexibility index (Phi) is 5.53. The highest BCUT2D eigenvalue weighted by molar-refractivity contribution is 7.89. The van der Waals surface area contributed by atoms with Crippen LogP contribution in [0.4, 0.5) is 0 Å². The summed E-state index contributed by atoms with van der Waals surface area (Å²) in [5, 5.41) is 13.7. The minimum atomic E-state index is -3.96. The number of ether oxygens (including phenoxy) is 2. The Morgan fingerprint density at radius 1 is 1.17 bits per heavy atom. The number of nitrogens with zero attached hydrogens (tertiary/aromatic N) is 1. The molecule has 9 heteroatoms. The Bertz CT molecular complexity index is 868. The van der Waals surface area contributed by atoms with Crippen molar-refractivity contribution >= 4 is 27.8 Å². The number of benzene rings is 2. The van der Waals surface area contributed by atoms with Crippen LogP contribution in [0.1, 0.15) is 5.56 Å². The summed E-state index contributed by atoms with van der Waals surface area (Å²) in [4.78, 5) is 1.95. The number of phenolic OH excluding ortho intramolecular Hbond substituents is 1. The third-order valence-corrected chi connectivity index (χ3v) is 4.52. The van der Waals surface area contributed by atoms with Gasteiger partial charge < -0.3 is 14.6 Å². The zero-order valence-corrected chi connectivity index (χ0v) is 14.4. The molecule has 0 aliphatic carbocycles. The number of hydrogen-bond donors (Lipinski definition) is 2. The molecule has 0 aliphatic heterocycles. The fourth-order valence-electron chi connectivity index (χ4n) is 1.84. The summed E-state index contributed by atoms with van der Waals surface area (Å²) in [7, 11) is -1.15. The molecule has 0 bridgehead atoms. The van der Waals surface area contributed by atoms with Gasteiger partial charge in [-0.25, -0.2) is 0 Å². The van der Waals surface area contributed by atoms with Crippen LogP contribution in [0.5, 0.6) is 17.2 Å². The molecule has 0 amide bonds. The highest BCUT2D eigenvalue weighted by Gasteiger charge is 2.19. The Morgan fingerprint density at radius 3 is 2.58 bits per heavy atom. The van der Waals surface area contributed by atoms with E-state index in [4.69, 9.17) is 21.1 Å². The molecule has 7 nitrogen and oxygen atoms in total. The average molecular weight is 371 g/mol. The van der Waals surface area contributed by atoms with Gasteiger partial charge in [0.25, 0.3) is 10.0 Å². The Hall–Kier alpha value is -2.45. The van der Waals surface area contributed by atoms with Crippen molar-refractivity contribution in [2.45, 2.75) is 4.90 Å². The van der Waals surface area contributed by atoms with E-state index < -0.39 is 10.0 Å². The molecule has 0 atom stereocenters. The van der Waals surface area contributed by atoms with Crippen LogP contribution < -0.4 is 14.3 Å². The summed E-state index contributed by atoms with van der Waals surface area (Å²) >= 11 is 5.81. The standard InChI is InChI=1S/C15H15ClN2O5S/c1-22-12-4-6-15(14(8-12)23-2)24(20,21)18-17-9-10-7-11(16)3-5-13(10)19/h3-9,18-19H,1-2H3/b17-9-. The smallest absolute Gasteiger partial charge is 0.280 e. The van der Waals surface area contributed by atoms with Crippen molar-refractivity contribution in [1.82, 2.24) is 4.83 Å². The number of aromatic hydroxyl groups is 1. The SMILES string of the molecule is COc1ccc(S(=O)(=O)N/N=C\c2cc(Cl)ccc2O)c(OC)c1. The van der Waals surface area contributed by atoms with Gasteiger partial charge in [-0.2, -0.15) is 18.4 Å². The van der Waals surface area contributed by atoms with Gasteiger partial charge in [0.2, 0.25) is 0 Å². The summed E-state index contributed by atoms with van der Waals surface area (Å²) in [5.41, 5.74) is 0.270. The maximum Gasteiger partial charge on any atom is 0.280 e. The molecule has 2 aromatic rings. The van der Waals surface area contributed by atoms with Crippen LogP contribution >= 0.6 is 11.6 Å². The largest absolute Gasteiger partial charge is 0.507 e. The van der Waals surface area contributed by atoms with Crippen molar-refractivity contribution in [3.8, 4) is 17.2 Å². The molecule has 0 aromatic heterocycles. The van der Waals surface area contributed by atoms with Crippen LogP contribution in [0.15, 0.2) is 46.4 Å². The summed E-state index contributed by atoms with van der Waals surface area (Å²) in [6, 6.07) is 8.60. The number of phenols is 1. The lowest BCUT2D eigenvalue weighted by molar-refractivity contribution is 0.386. The van der Waals surface area contributed by atoms with Crippen molar-refractivity contribution in [3.63, 3.8) is 0 Å². The lowest BCUT2D eigenvalue weighted by Gasteiger charge is -2.10. The second kappa shape index (κ2) is 7.41. The molecule has 0 spiro atoms. The van der Waals surface area contributed by atoms with Gasteiger partial charge in [-0.05, 0) is 30.3 Å². The van der Waals surface area contributed by atoms with Gasteiger partial charge in [-0.3, -0.25) is 0 Å². The first-order valence-corrected chi connectivity index (χ1v) is 8.49. The molecule has 0 radical (unpaired) electrons. The van der Waals surface area contributed by atoms with E-state index in [2.05, 4.69) is 5.10 Å². The van der Waals surface area contributed by atoms with E-state index in [9.17, 15) is 13.5 Å². The topological polar surface area (TPSA) is 97.2 Å². The molecule has 24 heavy (non-hydrogen) atoms. The van der Waals surface area contributed by atoms with E-state index in [1.165, 1.54) is 50.6 Å². The molecule has 0 saturated heterocycles. The molecule has 0 unspecified atom stereocenters. The minimum absolute atomic E-state index is 0.0793. The average Bonchev–Trinajstić information content (AvgIpc) is 2.57. The first kappa shape index (κ1) is 17.9. The highest BCUT2D eigenvalue weighted by atomic mass is 35.5. The third-order valence-electron chi connectivity index (χ3n) is 3.03. The van der Waals surface area contributed by atoms with Gasteiger partial charge in [-0.15, -0.1) is 0 Å². The lowest BCUT2D eigenvalue weighted by atomic mass is 10.2. The number of hydrogen-bond acceptors (Lipinski definition) is 6. The number of rotatable bonds is 6.